The van der Waals surface area contributed by atoms with E-state index in [1.54, 1.807) is 23.1 Å². The molecule has 1 aromatic heterocycles. The first kappa shape index (κ1) is 22.5. The number of para-hydroxylation sites is 2. The van der Waals surface area contributed by atoms with Crippen molar-refractivity contribution in [1.82, 2.24) is 9.88 Å². The van der Waals surface area contributed by atoms with Crippen LogP contribution in [0.25, 0.3) is 10.2 Å². The maximum absolute atomic E-state index is 13.9. The number of hydrogen-bond donors (Lipinski definition) is 0. The number of aromatic nitrogens is 1. The number of benzene rings is 3. The summed E-state index contributed by atoms with van der Waals surface area (Å²) in [5.41, 5.74) is 1.11. The van der Waals surface area contributed by atoms with Crippen molar-refractivity contribution in [3.05, 3.63) is 84.2 Å². The molecule has 1 saturated heterocycles. The van der Waals surface area contributed by atoms with E-state index in [0.29, 0.717) is 58.7 Å². The molecule has 174 valence electrons. The van der Waals surface area contributed by atoms with E-state index in [1.807, 2.05) is 42.5 Å². The Morgan fingerprint density at radius 2 is 1.82 bits per heavy atom. The van der Waals surface area contributed by atoms with Crippen LogP contribution >= 0.6 is 11.3 Å². The van der Waals surface area contributed by atoms with Crippen molar-refractivity contribution in [2.24, 2.45) is 0 Å². The average molecular weight is 478 g/mol. The molecule has 4 aromatic rings. The molecule has 0 N–H and O–H groups in total. The molecule has 0 spiro atoms. The summed E-state index contributed by atoms with van der Waals surface area (Å²) in [7, 11) is 0. The first-order valence-corrected chi connectivity index (χ1v) is 12.0. The second-order valence-electron chi connectivity index (χ2n) is 7.93. The number of anilines is 1. The number of carbonyl (C=O) groups is 1. The Hall–Kier alpha value is -3.33. The molecule has 0 radical (unpaired) electrons. The van der Waals surface area contributed by atoms with Crippen LogP contribution < -0.4 is 9.64 Å². The zero-order valence-electron chi connectivity index (χ0n) is 18.5. The van der Waals surface area contributed by atoms with Crippen LogP contribution in [0.4, 0.5) is 9.52 Å². The van der Waals surface area contributed by atoms with E-state index in [9.17, 15) is 9.18 Å². The molecule has 0 atom stereocenters. The lowest BCUT2D eigenvalue weighted by molar-refractivity contribution is 0.0391. The highest BCUT2D eigenvalue weighted by molar-refractivity contribution is 7.22. The fourth-order valence-electron chi connectivity index (χ4n) is 3.85. The highest BCUT2D eigenvalue weighted by Crippen LogP contribution is 2.32. The Balaban J connectivity index is 1.47. The molecule has 0 unspecified atom stereocenters. The van der Waals surface area contributed by atoms with E-state index < -0.39 is 0 Å². The highest BCUT2D eigenvalue weighted by atomic mass is 32.1. The third-order valence-corrected chi connectivity index (χ3v) is 6.69. The quantitative estimate of drug-likeness (QED) is 0.366. The Kier molecular flexibility index (Phi) is 6.80. The maximum atomic E-state index is 13.9. The molecule has 1 aliphatic heterocycles. The summed E-state index contributed by atoms with van der Waals surface area (Å²) in [6.07, 6.45) is 0. The SMILES string of the molecule is O=C(c1ccccc1Oc1ccccc1)N(CCN1CCOCC1)c1nc2ccc(F)cc2s1. The molecule has 2 heterocycles. The number of morpholine rings is 1. The Bertz CT molecular complexity index is 1270. The second kappa shape index (κ2) is 10.3. The third-order valence-electron chi connectivity index (χ3n) is 5.65. The summed E-state index contributed by atoms with van der Waals surface area (Å²) in [5, 5.41) is 0.536. The van der Waals surface area contributed by atoms with Gasteiger partial charge >= 0.3 is 0 Å². The summed E-state index contributed by atoms with van der Waals surface area (Å²) in [4.78, 5) is 22.5. The van der Waals surface area contributed by atoms with Crippen LogP contribution in [-0.4, -0.2) is 55.2 Å². The molecule has 3 aromatic carbocycles. The van der Waals surface area contributed by atoms with Crippen molar-refractivity contribution in [3.8, 4) is 11.5 Å². The Morgan fingerprint density at radius 1 is 1.06 bits per heavy atom. The van der Waals surface area contributed by atoms with Crippen molar-refractivity contribution in [2.75, 3.05) is 44.3 Å². The second-order valence-corrected chi connectivity index (χ2v) is 8.94. The number of fused-ring (bicyclic) bond motifs is 1. The highest BCUT2D eigenvalue weighted by Gasteiger charge is 2.25. The van der Waals surface area contributed by atoms with Crippen LogP contribution in [0.1, 0.15) is 10.4 Å². The summed E-state index contributed by atoms with van der Waals surface area (Å²) in [6.45, 7) is 4.13. The van der Waals surface area contributed by atoms with E-state index >= 15 is 0 Å². The average Bonchev–Trinajstić information content (AvgIpc) is 3.28. The van der Waals surface area contributed by atoms with Gasteiger partial charge in [0.25, 0.3) is 5.91 Å². The predicted octanol–water partition coefficient (Wildman–Crippen LogP) is 5.21. The van der Waals surface area contributed by atoms with Gasteiger partial charge in [0.1, 0.15) is 17.3 Å². The lowest BCUT2D eigenvalue weighted by Gasteiger charge is -2.29. The lowest BCUT2D eigenvalue weighted by atomic mass is 10.1. The molecule has 0 bridgehead atoms. The number of ether oxygens (including phenoxy) is 2. The molecule has 5 rings (SSSR count). The van der Waals surface area contributed by atoms with Crippen LogP contribution in [0.5, 0.6) is 11.5 Å². The molecule has 1 aliphatic rings. The number of thiazole rings is 1. The molecule has 34 heavy (non-hydrogen) atoms. The van der Waals surface area contributed by atoms with E-state index in [0.717, 1.165) is 13.1 Å². The van der Waals surface area contributed by atoms with Gasteiger partial charge in [0, 0.05) is 26.2 Å². The van der Waals surface area contributed by atoms with Gasteiger partial charge in [-0.2, -0.15) is 0 Å². The summed E-state index contributed by atoms with van der Waals surface area (Å²) in [5.74, 6) is 0.593. The normalized spacial score (nSPS) is 14.3. The monoisotopic (exact) mass is 477 g/mol. The molecule has 0 saturated carbocycles. The fourth-order valence-corrected chi connectivity index (χ4v) is 4.86. The van der Waals surface area contributed by atoms with Crippen LogP contribution in [0, 0.1) is 5.82 Å². The van der Waals surface area contributed by atoms with Crippen molar-refractivity contribution in [2.45, 2.75) is 0 Å². The zero-order chi connectivity index (χ0) is 23.3. The van der Waals surface area contributed by atoms with Crippen LogP contribution in [0.15, 0.2) is 72.8 Å². The van der Waals surface area contributed by atoms with Gasteiger partial charge in [-0.3, -0.25) is 14.6 Å². The molecule has 1 amide bonds. The van der Waals surface area contributed by atoms with Crippen molar-refractivity contribution in [3.63, 3.8) is 0 Å². The number of hydrogen-bond acceptors (Lipinski definition) is 6. The van der Waals surface area contributed by atoms with Gasteiger partial charge in [-0.25, -0.2) is 9.37 Å². The van der Waals surface area contributed by atoms with Gasteiger partial charge in [0.05, 0.1) is 29.0 Å². The number of amides is 1. The number of rotatable bonds is 7. The van der Waals surface area contributed by atoms with E-state index in [4.69, 9.17) is 9.47 Å². The lowest BCUT2D eigenvalue weighted by Crippen LogP contribution is -2.43. The summed E-state index contributed by atoms with van der Waals surface area (Å²) < 4.78 is 26.0. The molecule has 0 aliphatic carbocycles. The number of nitrogens with zero attached hydrogens (tertiary/aromatic N) is 3. The smallest absolute Gasteiger partial charge is 0.263 e. The van der Waals surface area contributed by atoms with Gasteiger partial charge in [-0.15, -0.1) is 0 Å². The van der Waals surface area contributed by atoms with Crippen LogP contribution in [0.2, 0.25) is 0 Å². The van der Waals surface area contributed by atoms with Gasteiger partial charge in [-0.05, 0) is 42.5 Å². The van der Waals surface area contributed by atoms with E-state index in [1.165, 1.54) is 23.5 Å². The Labute approximate surface area is 201 Å². The van der Waals surface area contributed by atoms with Gasteiger partial charge < -0.3 is 9.47 Å². The number of carbonyl (C=O) groups excluding carboxylic acids is 1. The minimum atomic E-state index is -0.324. The van der Waals surface area contributed by atoms with Crippen LogP contribution in [0.3, 0.4) is 0 Å². The van der Waals surface area contributed by atoms with E-state index in [2.05, 4.69) is 9.88 Å². The zero-order valence-corrected chi connectivity index (χ0v) is 19.3. The number of halogens is 1. The van der Waals surface area contributed by atoms with Crippen LogP contribution in [-0.2, 0) is 4.74 Å². The third kappa shape index (κ3) is 5.09. The van der Waals surface area contributed by atoms with Gasteiger partial charge in [0.15, 0.2) is 5.13 Å². The Morgan fingerprint density at radius 3 is 2.65 bits per heavy atom. The maximum Gasteiger partial charge on any atom is 0.263 e. The standard InChI is InChI=1S/C26H24FN3O3S/c27-19-10-11-22-24(18-19)34-26(28-22)30(13-12-29-14-16-32-17-15-29)25(31)21-8-4-5-9-23(21)33-20-6-2-1-3-7-20/h1-11,18H,12-17H2. The molecular formula is C26H24FN3O3S. The van der Waals surface area contributed by atoms with Gasteiger partial charge in [-0.1, -0.05) is 41.7 Å². The first-order valence-electron chi connectivity index (χ1n) is 11.2. The topological polar surface area (TPSA) is 54.9 Å². The van der Waals surface area contributed by atoms with Crippen molar-refractivity contribution < 1.29 is 18.7 Å². The van der Waals surface area contributed by atoms with Crippen molar-refractivity contribution in [1.29, 1.82) is 0 Å². The first-order chi connectivity index (χ1) is 16.7. The fraction of sp³-hybridized carbons (Fsp3) is 0.231. The minimum Gasteiger partial charge on any atom is -0.457 e. The van der Waals surface area contributed by atoms with E-state index in [-0.39, 0.29) is 11.7 Å². The molecule has 6 nitrogen and oxygen atoms in total. The molecule has 1 fully saturated rings. The van der Waals surface area contributed by atoms with Gasteiger partial charge in [0.2, 0.25) is 0 Å². The molecule has 8 heteroatoms. The molecular weight excluding hydrogens is 453 g/mol. The van der Waals surface area contributed by atoms with Crippen molar-refractivity contribution >= 4 is 32.6 Å². The predicted molar refractivity (Wildman–Crippen MR) is 131 cm³/mol. The largest absolute Gasteiger partial charge is 0.457 e. The summed E-state index contributed by atoms with van der Waals surface area (Å²) >= 11 is 1.31. The summed E-state index contributed by atoms with van der Waals surface area (Å²) in [6, 6.07) is 21.1. The minimum absolute atomic E-state index is 0.209.